The van der Waals surface area contributed by atoms with E-state index < -0.39 is 6.61 Å². The van der Waals surface area contributed by atoms with Crippen LogP contribution in [0.1, 0.15) is 19.4 Å². The van der Waals surface area contributed by atoms with Gasteiger partial charge in [-0.1, -0.05) is 6.07 Å². The number of nitrogens with one attached hydrogen (secondary N) is 2. The molecule has 2 N–H and O–H groups in total. The van der Waals surface area contributed by atoms with Gasteiger partial charge in [-0.05, 0) is 37.8 Å². The lowest BCUT2D eigenvalue weighted by molar-refractivity contribution is -0.0512. The van der Waals surface area contributed by atoms with Gasteiger partial charge >= 0.3 is 6.61 Å². The molecule has 0 amide bonds. The molecule has 8 heteroatoms. The second-order valence-corrected chi connectivity index (χ2v) is 7.12. The summed E-state index contributed by atoms with van der Waals surface area (Å²) in [5.74, 6) is 0.922. The minimum absolute atomic E-state index is 0.0123. The fraction of sp³-hybridized carbons (Fsp3) is 0.562. The molecule has 0 heterocycles. The maximum atomic E-state index is 12.5. The van der Waals surface area contributed by atoms with Crippen LogP contribution in [0, 0.1) is 0 Å². The SMILES string of the molecule is CN=C(NCc1ccc(OC)c(OC(F)F)c1)NCC(C)(C)SC. The molecule has 0 aliphatic rings. The van der Waals surface area contributed by atoms with E-state index in [4.69, 9.17) is 4.74 Å². The molecular formula is C16H25F2N3O2S. The van der Waals surface area contributed by atoms with Gasteiger partial charge in [0, 0.05) is 24.9 Å². The number of benzene rings is 1. The number of thioether (sulfide) groups is 1. The molecule has 1 aromatic rings. The molecule has 5 nitrogen and oxygen atoms in total. The van der Waals surface area contributed by atoms with Crippen LogP contribution in [0.2, 0.25) is 0 Å². The maximum absolute atomic E-state index is 12.5. The molecule has 0 atom stereocenters. The molecular weight excluding hydrogens is 336 g/mol. The van der Waals surface area contributed by atoms with Gasteiger partial charge in [0.2, 0.25) is 0 Å². The van der Waals surface area contributed by atoms with Gasteiger partial charge in [0.1, 0.15) is 0 Å². The Morgan fingerprint density at radius 3 is 2.54 bits per heavy atom. The van der Waals surface area contributed by atoms with Gasteiger partial charge in [-0.2, -0.15) is 20.5 Å². The molecule has 0 aliphatic heterocycles. The van der Waals surface area contributed by atoms with Crippen molar-refractivity contribution in [2.75, 3.05) is 27.0 Å². The summed E-state index contributed by atoms with van der Waals surface area (Å²) in [7, 11) is 3.09. The number of guanidine groups is 1. The van der Waals surface area contributed by atoms with Gasteiger partial charge in [-0.3, -0.25) is 4.99 Å². The summed E-state index contributed by atoms with van der Waals surface area (Å²) >= 11 is 1.76. The molecule has 24 heavy (non-hydrogen) atoms. The van der Waals surface area contributed by atoms with Crippen molar-refractivity contribution >= 4 is 17.7 Å². The molecule has 0 spiro atoms. The van der Waals surface area contributed by atoms with E-state index in [1.54, 1.807) is 30.9 Å². The number of methoxy groups -OCH3 is 1. The second kappa shape index (κ2) is 9.56. The first-order valence-corrected chi connectivity index (χ1v) is 8.65. The third kappa shape index (κ3) is 6.82. The molecule has 0 aromatic heterocycles. The van der Waals surface area contributed by atoms with Gasteiger partial charge < -0.3 is 20.1 Å². The quantitative estimate of drug-likeness (QED) is 0.550. The average molecular weight is 361 g/mol. The monoisotopic (exact) mass is 361 g/mol. The zero-order chi connectivity index (χ0) is 18.2. The van der Waals surface area contributed by atoms with Crippen LogP contribution in [-0.4, -0.2) is 44.3 Å². The lowest BCUT2D eigenvalue weighted by atomic mass is 10.2. The highest BCUT2D eigenvalue weighted by atomic mass is 32.2. The van der Waals surface area contributed by atoms with E-state index in [-0.39, 0.29) is 16.2 Å². The Hall–Kier alpha value is -1.70. The van der Waals surface area contributed by atoms with Crippen molar-refractivity contribution in [2.24, 2.45) is 4.99 Å². The molecule has 1 aromatic carbocycles. The van der Waals surface area contributed by atoms with Crippen molar-refractivity contribution in [1.82, 2.24) is 10.6 Å². The second-order valence-electron chi connectivity index (χ2n) is 5.61. The van der Waals surface area contributed by atoms with E-state index in [0.29, 0.717) is 12.5 Å². The lowest BCUT2D eigenvalue weighted by Gasteiger charge is -2.23. The predicted molar refractivity (Wildman–Crippen MR) is 95.4 cm³/mol. The fourth-order valence-corrected chi connectivity index (χ4v) is 2.01. The molecule has 0 unspecified atom stereocenters. The molecule has 0 saturated heterocycles. The summed E-state index contributed by atoms with van der Waals surface area (Å²) in [4.78, 5) is 4.15. The van der Waals surface area contributed by atoms with E-state index in [1.165, 1.54) is 13.2 Å². The van der Waals surface area contributed by atoms with Crippen LogP contribution in [0.15, 0.2) is 23.2 Å². The number of aliphatic imine (C=N–C) groups is 1. The normalized spacial score (nSPS) is 12.2. The zero-order valence-electron chi connectivity index (χ0n) is 14.7. The number of nitrogens with zero attached hydrogens (tertiary/aromatic N) is 1. The van der Waals surface area contributed by atoms with E-state index in [0.717, 1.165) is 12.1 Å². The lowest BCUT2D eigenvalue weighted by Crippen LogP contribution is -2.42. The third-order valence-corrected chi connectivity index (χ3v) is 4.61. The summed E-state index contributed by atoms with van der Waals surface area (Å²) in [6.45, 7) is 2.54. The predicted octanol–water partition coefficient (Wildman–Crippen LogP) is 3.10. The first-order valence-electron chi connectivity index (χ1n) is 7.42. The molecule has 0 aliphatic carbocycles. The van der Waals surface area contributed by atoms with Crippen molar-refractivity contribution in [3.63, 3.8) is 0 Å². The Balaban J connectivity index is 2.68. The highest BCUT2D eigenvalue weighted by Gasteiger charge is 2.16. The fourth-order valence-electron chi connectivity index (χ4n) is 1.79. The Morgan fingerprint density at radius 2 is 2.00 bits per heavy atom. The van der Waals surface area contributed by atoms with E-state index >= 15 is 0 Å². The van der Waals surface area contributed by atoms with Crippen LogP contribution in [0.4, 0.5) is 8.78 Å². The van der Waals surface area contributed by atoms with Gasteiger partial charge in [-0.15, -0.1) is 0 Å². The summed E-state index contributed by atoms with van der Waals surface area (Å²) in [6.07, 6.45) is 2.06. The van der Waals surface area contributed by atoms with Crippen LogP contribution < -0.4 is 20.1 Å². The van der Waals surface area contributed by atoms with Crippen molar-refractivity contribution in [2.45, 2.75) is 31.8 Å². The molecule has 0 bridgehead atoms. The van der Waals surface area contributed by atoms with Crippen molar-refractivity contribution < 1.29 is 18.3 Å². The highest BCUT2D eigenvalue weighted by Crippen LogP contribution is 2.29. The zero-order valence-corrected chi connectivity index (χ0v) is 15.5. The van der Waals surface area contributed by atoms with Crippen LogP contribution in [0.25, 0.3) is 0 Å². The van der Waals surface area contributed by atoms with Gasteiger partial charge in [0.05, 0.1) is 7.11 Å². The van der Waals surface area contributed by atoms with Crippen molar-refractivity contribution in [3.05, 3.63) is 23.8 Å². The maximum Gasteiger partial charge on any atom is 0.387 e. The largest absolute Gasteiger partial charge is 0.493 e. The summed E-state index contributed by atoms with van der Waals surface area (Å²) in [6, 6.07) is 4.90. The standard InChI is InChI=1S/C16H25F2N3O2S/c1-16(2,24-5)10-21-15(19-3)20-9-11-6-7-12(22-4)13(8-11)23-14(17)18/h6-8,14H,9-10H2,1-5H3,(H2,19,20,21). The summed E-state index contributed by atoms with van der Waals surface area (Å²) in [5.41, 5.74) is 0.776. The van der Waals surface area contributed by atoms with Crippen LogP contribution >= 0.6 is 11.8 Å². The first kappa shape index (κ1) is 20.3. The minimum Gasteiger partial charge on any atom is -0.493 e. The molecule has 1 rings (SSSR count). The summed E-state index contributed by atoms with van der Waals surface area (Å²) < 4.78 is 34.5. The molecule has 0 saturated carbocycles. The van der Waals surface area contributed by atoms with Crippen molar-refractivity contribution in [1.29, 1.82) is 0 Å². The van der Waals surface area contributed by atoms with E-state index in [9.17, 15) is 8.78 Å². The van der Waals surface area contributed by atoms with Crippen LogP contribution in [0.5, 0.6) is 11.5 Å². The molecule has 0 radical (unpaired) electrons. The number of halogens is 2. The molecule has 136 valence electrons. The number of hydrogen-bond donors (Lipinski definition) is 2. The van der Waals surface area contributed by atoms with E-state index in [1.807, 2.05) is 0 Å². The summed E-state index contributed by atoms with van der Waals surface area (Å²) in [5, 5.41) is 6.39. The molecule has 0 fully saturated rings. The average Bonchev–Trinajstić information content (AvgIpc) is 2.54. The first-order chi connectivity index (χ1) is 11.3. The number of ether oxygens (including phenoxy) is 2. The Labute approximate surface area is 146 Å². The Kier molecular flexibility index (Phi) is 8.10. The highest BCUT2D eigenvalue weighted by molar-refractivity contribution is 7.99. The van der Waals surface area contributed by atoms with E-state index in [2.05, 4.69) is 40.5 Å². The minimum atomic E-state index is -2.90. The van der Waals surface area contributed by atoms with Gasteiger partial charge in [-0.25, -0.2) is 0 Å². The smallest absolute Gasteiger partial charge is 0.387 e. The Morgan fingerprint density at radius 1 is 1.29 bits per heavy atom. The number of alkyl halides is 2. The topological polar surface area (TPSA) is 54.9 Å². The number of hydrogen-bond acceptors (Lipinski definition) is 4. The third-order valence-electron chi connectivity index (χ3n) is 3.36. The number of rotatable bonds is 8. The van der Waals surface area contributed by atoms with Crippen LogP contribution in [0.3, 0.4) is 0 Å². The Bertz CT molecular complexity index is 554. The van der Waals surface area contributed by atoms with Gasteiger partial charge in [0.15, 0.2) is 17.5 Å². The van der Waals surface area contributed by atoms with Crippen molar-refractivity contribution in [3.8, 4) is 11.5 Å². The van der Waals surface area contributed by atoms with Gasteiger partial charge in [0.25, 0.3) is 0 Å². The van der Waals surface area contributed by atoms with Crippen LogP contribution in [-0.2, 0) is 6.54 Å².